The Morgan fingerprint density at radius 3 is 2.56 bits per heavy atom. The molecule has 0 atom stereocenters. The fourth-order valence-corrected chi connectivity index (χ4v) is 1.53. The van der Waals surface area contributed by atoms with E-state index in [1.54, 1.807) is 12.1 Å². The molecule has 1 saturated heterocycles. The van der Waals surface area contributed by atoms with Gasteiger partial charge in [0.15, 0.2) is 0 Å². The van der Waals surface area contributed by atoms with Crippen molar-refractivity contribution in [3.8, 4) is 5.75 Å². The number of ether oxygens (including phenoxy) is 2. The normalized spacial score (nSPS) is 16.2. The minimum Gasteiger partial charge on any atom is -0.490 e. The molecule has 0 unspecified atom stereocenters. The van der Waals surface area contributed by atoms with Gasteiger partial charge in [0.25, 0.3) is 0 Å². The lowest BCUT2D eigenvalue weighted by Crippen LogP contribution is -2.25. The van der Waals surface area contributed by atoms with Crippen molar-refractivity contribution in [1.29, 1.82) is 0 Å². The van der Waals surface area contributed by atoms with Gasteiger partial charge in [-0.3, -0.25) is 0 Å². The van der Waals surface area contributed by atoms with Crippen molar-refractivity contribution in [3.63, 3.8) is 0 Å². The molecule has 1 aromatic carbocycles. The van der Waals surface area contributed by atoms with Crippen LogP contribution in [0.5, 0.6) is 5.75 Å². The molecule has 0 N–H and O–H groups in total. The molecule has 3 heteroatoms. The van der Waals surface area contributed by atoms with E-state index in [0.29, 0.717) is 5.75 Å². The van der Waals surface area contributed by atoms with Crippen LogP contribution in [-0.2, 0) is 4.74 Å². The molecule has 0 aromatic heterocycles. The third kappa shape index (κ3) is 4.19. The second kappa shape index (κ2) is 7.23. The summed E-state index contributed by atoms with van der Waals surface area (Å²) in [6, 6.07) is 6.26. The number of hydrogen-bond donors (Lipinski definition) is 0. The zero-order valence-electron chi connectivity index (χ0n) is 9.91. The molecule has 0 amide bonds. The molecule has 0 saturated carbocycles. The van der Waals surface area contributed by atoms with Crippen LogP contribution in [0, 0.1) is 5.82 Å². The van der Waals surface area contributed by atoms with E-state index in [9.17, 15) is 4.39 Å². The van der Waals surface area contributed by atoms with E-state index in [4.69, 9.17) is 9.47 Å². The van der Waals surface area contributed by atoms with Crippen LogP contribution in [0.15, 0.2) is 24.3 Å². The van der Waals surface area contributed by atoms with Crippen molar-refractivity contribution >= 4 is 0 Å². The molecule has 16 heavy (non-hydrogen) atoms. The van der Waals surface area contributed by atoms with Crippen LogP contribution < -0.4 is 4.74 Å². The summed E-state index contributed by atoms with van der Waals surface area (Å²) in [6.45, 7) is 5.47. The molecule has 0 aliphatic carbocycles. The van der Waals surface area contributed by atoms with Crippen LogP contribution >= 0.6 is 0 Å². The van der Waals surface area contributed by atoms with E-state index in [1.807, 2.05) is 13.8 Å². The summed E-state index contributed by atoms with van der Waals surface area (Å²) in [4.78, 5) is 0. The van der Waals surface area contributed by atoms with Gasteiger partial charge in [-0.1, -0.05) is 19.9 Å². The lowest BCUT2D eigenvalue weighted by molar-refractivity contribution is 0.0254. The highest BCUT2D eigenvalue weighted by Crippen LogP contribution is 2.18. The summed E-state index contributed by atoms with van der Waals surface area (Å²) in [5.41, 5.74) is 0. The van der Waals surface area contributed by atoms with Gasteiger partial charge in [-0.15, -0.1) is 0 Å². The van der Waals surface area contributed by atoms with E-state index < -0.39 is 0 Å². The first-order valence-electron chi connectivity index (χ1n) is 5.84. The first-order chi connectivity index (χ1) is 7.84. The standard InChI is InChI=1S/C11H13FO2.C2H6/c12-9-2-1-3-11(8-9)14-10-4-6-13-7-5-10;1-2/h1-3,8,10H,4-7H2;1-2H3. The maximum Gasteiger partial charge on any atom is 0.126 e. The average molecular weight is 226 g/mol. The van der Waals surface area contributed by atoms with Gasteiger partial charge in [-0.2, -0.15) is 0 Å². The predicted molar refractivity (Wildman–Crippen MR) is 62.2 cm³/mol. The van der Waals surface area contributed by atoms with E-state index >= 15 is 0 Å². The second-order valence-corrected chi connectivity index (χ2v) is 3.39. The van der Waals surface area contributed by atoms with E-state index in [2.05, 4.69) is 0 Å². The van der Waals surface area contributed by atoms with Crippen molar-refractivity contribution < 1.29 is 13.9 Å². The van der Waals surface area contributed by atoms with E-state index in [-0.39, 0.29) is 11.9 Å². The Kier molecular flexibility index (Phi) is 5.86. The summed E-state index contributed by atoms with van der Waals surface area (Å²) < 4.78 is 23.6. The summed E-state index contributed by atoms with van der Waals surface area (Å²) in [7, 11) is 0. The second-order valence-electron chi connectivity index (χ2n) is 3.39. The highest BCUT2D eigenvalue weighted by atomic mass is 19.1. The molecule has 1 aromatic rings. The number of benzene rings is 1. The molecule has 0 radical (unpaired) electrons. The SMILES string of the molecule is CC.Fc1cccc(OC2CCOCC2)c1. The van der Waals surface area contributed by atoms with Gasteiger partial charge in [0.1, 0.15) is 17.7 Å². The minimum atomic E-state index is -0.255. The summed E-state index contributed by atoms with van der Waals surface area (Å²) >= 11 is 0. The topological polar surface area (TPSA) is 18.5 Å². The van der Waals surface area contributed by atoms with Gasteiger partial charge >= 0.3 is 0 Å². The molecule has 0 spiro atoms. The first-order valence-corrected chi connectivity index (χ1v) is 5.84. The first kappa shape index (κ1) is 13.0. The fourth-order valence-electron chi connectivity index (χ4n) is 1.53. The van der Waals surface area contributed by atoms with Crippen LogP contribution in [0.2, 0.25) is 0 Å². The molecule has 1 heterocycles. The quantitative estimate of drug-likeness (QED) is 0.769. The van der Waals surface area contributed by atoms with Gasteiger partial charge in [-0.25, -0.2) is 4.39 Å². The highest BCUT2D eigenvalue weighted by Gasteiger charge is 2.15. The lowest BCUT2D eigenvalue weighted by Gasteiger charge is -2.23. The van der Waals surface area contributed by atoms with Gasteiger partial charge in [-0.05, 0) is 12.1 Å². The Morgan fingerprint density at radius 1 is 1.25 bits per heavy atom. The van der Waals surface area contributed by atoms with Gasteiger partial charge in [0, 0.05) is 18.9 Å². The van der Waals surface area contributed by atoms with Crippen molar-refractivity contribution in [2.45, 2.75) is 32.8 Å². The third-order valence-electron chi connectivity index (χ3n) is 2.27. The Hall–Kier alpha value is -1.09. The van der Waals surface area contributed by atoms with E-state index in [0.717, 1.165) is 26.1 Å². The number of hydrogen-bond acceptors (Lipinski definition) is 2. The summed E-state index contributed by atoms with van der Waals surface area (Å²) in [5.74, 6) is 0.353. The smallest absolute Gasteiger partial charge is 0.126 e. The Labute approximate surface area is 96.4 Å². The molecular weight excluding hydrogens is 207 g/mol. The van der Waals surface area contributed by atoms with Gasteiger partial charge in [0.05, 0.1) is 13.2 Å². The monoisotopic (exact) mass is 226 g/mol. The Bertz CT molecular complexity index is 296. The van der Waals surface area contributed by atoms with Gasteiger partial charge < -0.3 is 9.47 Å². The van der Waals surface area contributed by atoms with Crippen LogP contribution in [-0.4, -0.2) is 19.3 Å². The lowest BCUT2D eigenvalue weighted by atomic mass is 10.1. The number of halogens is 1. The van der Waals surface area contributed by atoms with E-state index in [1.165, 1.54) is 12.1 Å². The molecule has 90 valence electrons. The van der Waals surface area contributed by atoms with Crippen molar-refractivity contribution in [2.24, 2.45) is 0 Å². The average Bonchev–Trinajstić information content (AvgIpc) is 2.33. The van der Waals surface area contributed by atoms with Crippen molar-refractivity contribution in [1.82, 2.24) is 0 Å². The molecular formula is C13H19FO2. The summed E-state index contributed by atoms with van der Waals surface area (Å²) in [6.07, 6.45) is 1.94. The van der Waals surface area contributed by atoms with Crippen LogP contribution in [0.4, 0.5) is 4.39 Å². The molecule has 0 bridgehead atoms. The molecule has 2 rings (SSSR count). The number of rotatable bonds is 2. The van der Waals surface area contributed by atoms with Gasteiger partial charge in [0.2, 0.25) is 0 Å². The van der Waals surface area contributed by atoms with Crippen molar-refractivity contribution in [3.05, 3.63) is 30.1 Å². The molecule has 1 fully saturated rings. The summed E-state index contributed by atoms with van der Waals surface area (Å²) in [5, 5.41) is 0. The molecule has 1 aliphatic heterocycles. The molecule has 2 nitrogen and oxygen atoms in total. The Morgan fingerprint density at radius 2 is 1.94 bits per heavy atom. The minimum absolute atomic E-state index is 0.172. The van der Waals surface area contributed by atoms with Crippen LogP contribution in [0.1, 0.15) is 26.7 Å². The zero-order valence-corrected chi connectivity index (χ0v) is 9.91. The van der Waals surface area contributed by atoms with Crippen LogP contribution in [0.3, 0.4) is 0 Å². The predicted octanol–water partition coefficient (Wildman–Crippen LogP) is 3.41. The fraction of sp³-hybridized carbons (Fsp3) is 0.538. The largest absolute Gasteiger partial charge is 0.490 e. The maximum absolute atomic E-state index is 12.8. The Balaban J connectivity index is 0.000000606. The van der Waals surface area contributed by atoms with Crippen molar-refractivity contribution in [2.75, 3.05) is 13.2 Å². The maximum atomic E-state index is 12.8. The molecule has 1 aliphatic rings. The third-order valence-corrected chi connectivity index (χ3v) is 2.27. The highest BCUT2D eigenvalue weighted by molar-refractivity contribution is 5.22. The van der Waals surface area contributed by atoms with Crippen LogP contribution in [0.25, 0.3) is 0 Å². The zero-order chi connectivity index (χ0) is 11.8.